The van der Waals surface area contributed by atoms with Crippen LogP contribution in [-0.4, -0.2) is 4.98 Å². The molecule has 0 radical (unpaired) electrons. The Balaban J connectivity index is 1.95. The predicted octanol–water partition coefficient (Wildman–Crippen LogP) is 5.46. The summed E-state index contributed by atoms with van der Waals surface area (Å²) in [5.74, 6) is 0.662. The highest BCUT2D eigenvalue weighted by atomic mass is 79.9. The second-order valence-electron chi connectivity index (χ2n) is 3.78. The van der Waals surface area contributed by atoms with Crippen LogP contribution in [0.15, 0.2) is 46.4 Å². The van der Waals surface area contributed by atoms with Crippen molar-refractivity contribution in [2.24, 2.45) is 0 Å². The number of thiophene rings is 1. The summed E-state index contributed by atoms with van der Waals surface area (Å²) in [6.07, 6.45) is 1.72. The van der Waals surface area contributed by atoms with E-state index in [9.17, 15) is 0 Å². The fourth-order valence-electron chi connectivity index (χ4n) is 1.69. The first-order valence-corrected chi connectivity index (χ1v) is 7.33. The van der Waals surface area contributed by atoms with E-state index in [0.29, 0.717) is 10.8 Å². The summed E-state index contributed by atoms with van der Waals surface area (Å²) in [7, 11) is 0. The van der Waals surface area contributed by atoms with Gasteiger partial charge < -0.3 is 5.32 Å². The molecule has 0 spiro atoms. The van der Waals surface area contributed by atoms with Gasteiger partial charge in [0.05, 0.1) is 5.02 Å². The van der Waals surface area contributed by atoms with E-state index in [-0.39, 0.29) is 0 Å². The lowest BCUT2D eigenvalue weighted by molar-refractivity contribution is 1.29. The molecule has 0 bridgehead atoms. The topological polar surface area (TPSA) is 24.9 Å². The predicted molar refractivity (Wildman–Crippen MR) is 82.1 cm³/mol. The Morgan fingerprint density at radius 2 is 2.11 bits per heavy atom. The molecule has 1 aromatic carbocycles. The monoisotopic (exact) mass is 338 g/mol. The average Bonchev–Trinajstić information content (AvgIpc) is 2.80. The van der Waals surface area contributed by atoms with Gasteiger partial charge in [-0.2, -0.15) is 0 Å². The highest BCUT2D eigenvalue weighted by molar-refractivity contribution is 9.10. The highest BCUT2D eigenvalue weighted by Crippen LogP contribution is 2.29. The number of nitrogens with one attached hydrogen (secondary N) is 1. The highest BCUT2D eigenvalue weighted by Gasteiger charge is 2.04. The molecule has 0 amide bonds. The lowest BCUT2D eigenvalue weighted by atomic mass is 10.2. The van der Waals surface area contributed by atoms with Crippen LogP contribution < -0.4 is 5.32 Å². The molecule has 2 heterocycles. The Kier molecular flexibility index (Phi) is 3.24. The van der Waals surface area contributed by atoms with Gasteiger partial charge in [0, 0.05) is 21.1 Å². The standard InChI is InChI=1S/C13H8BrClN2S/c14-9-6-11(15)13(16-7-9)17-10-1-2-12-8(5-10)3-4-18-12/h1-7H,(H,16,17). The number of fused-ring (bicyclic) bond motifs is 1. The van der Waals surface area contributed by atoms with E-state index >= 15 is 0 Å². The minimum atomic E-state index is 0.592. The maximum Gasteiger partial charge on any atom is 0.149 e. The summed E-state index contributed by atoms with van der Waals surface area (Å²) in [5, 5.41) is 7.12. The summed E-state index contributed by atoms with van der Waals surface area (Å²) < 4.78 is 2.14. The van der Waals surface area contributed by atoms with Crippen molar-refractivity contribution < 1.29 is 0 Å². The van der Waals surface area contributed by atoms with Crippen LogP contribution in [0, 0.1) is 0 Å². The maximum absolute atomic E-state index is 6.12. The molecule has 0 aliphatic heterocycles. The zero-order chi connectivity index (χ0) is 12.5. The van der Waals surface area contributed by atoms with Gasteiger partial charge in [0.25, 0.3) is 0 Å². The van der Waals surface area contributed by atoms with Gasteiger partial charge in [-0.05, 0) is 57.0 Å². The number of benzene rings is 1. The van der Waals surface area contributed by atoms with Gasteiger partial charge in [-0.15, -0.1) is 11.3 Å². The molecular weight excluding hydrogens is 332 g/mol. The zero-order valence-corrected chi connectivity index (χ0v) is 12.3. The normalized spacial score (nSPS) is 10.8. The van der Waals surface area contributed by atoms with E-state index < -0.39 is 0 Å². The van der Waals surface area contributed by atoms with Gasteiger partial charge in [-0.25, -0.2) is 4.98 Å². The molecule has 18 heavy (non-hydrogen) atoms. The first-order chi connectivity index (χ1) is 8.72. The quantitative estimate of drug-likeness (QED) is 0.671. The van der Waals surface area contributed by atoms with Crippen molar-refractivity contribution in [3.05, 3.63) is 51.4 Å². The van der Waals surface area contributed by atoms with Crippen LogP contribution >= 0.6 is 38.9 Å². The summed E-state index contributed by atoms with van der Waals surface area (Å²) in [4.78, 5) is 4.25. The van der Waals surface area contributed by atoms with Crippen LogP contribution in [0.25, 0.3) is 10.1 Å². The number of hydrogen-bond donors (Lipinski definition) is 1. The molecule has 0 atom stereocenters. The lowest BCUT2D eigenvalue weighted by Gasteiger charge is -2.07. The molecular formula is C13H8BrClN2S. The first kappa shape index (κ1) is 12.0. The molecule has 5 heteroatoms. The van der Waals surface area contributed by atoms with E-state index in [4.69, 9.17) is 11.6 Å². The van der Waals surface area contributed by atoms with Crippen molar-refractivity contribution >= 4 is 60.5 Å². The SMILES string of the molecule is Clc1cc(Br)cnc1Nc1ccc2sccc2c1. The molecule has 0 fully saturated rings. The van der Waals surface area contributed by atoms with E-state index in [1.807, 2.05) is 12.1 Å². The fourth-order valence-corrected chi connectivity index (χ4v) is 3.14. The van der Waals surface area contributed by atoms with Crippen LogP contribution in [0.3, 0.4) is 0 Å². The van der Waals surface area contributed by atoms with Gasteiger partial charge in [0.1, 0.15) is 5.82 Å². The Bertz CT molecular complexity index is 711. The van der Waals surface area contributed by atoms with Gasteiger partial charge in [-0.3, -0.25) is 0 Å². The molecule has 0 aliphatic carbocycles. The molecule has 3 aromatic rings. The zero-order valence-electron chi connectivity index (χ0n) is 9.15. The number of halogens is 2. The molecule has 0 saturated carbocycles. The van der Waals surface area contributed by atoms with Gasteiger partial charge in [0.2, 0.25) is 0 Å². The van der Waals surface area contributed by atoms with Crippen molar-refractivity contribution in [3.8, 4) is 0 Å². The Morgan fingerprint density at radius 1 is 1.22 bits per heavy atom. The minimum Gasteiger partial charge on any atom is -0.339 e. The van der Waals surface area contributed by atoms with Crippen LogP contribution in [0.4, 0.5) is 11.5 Å². The summed E-state index contributed by atoms with van der Waals surface area (Å²) in [6.45, 7) is 0. The Hall–Kier alpha value is -1.10. The molecule has 2 nitrogen and oxygen atoms in total. The van der Waals surface area contributed by atoms with Gasteiger partial charge >= 0.3 is 0 Å². The van der Waals surface area contributed by atoms with Gasteiger partial charge in [0.15, 0.2) is 0 Å². The molecule has 0 aliphatic rings. The van der Waals surface area contributed by atoms with Crippen LogP contribution in [0.1, 0.15) is 0 Å². The van der Waals surface area contributed by atoms with E-state index in [1.165, 1.54) is 10.1 Å². The largest absolute Gasteiger partial charge is 0.339 e. The third-order valence-electron chi connectivity index (χ3n) is 2.52. The maximum atomic E-state index is 6.12. The smallest absolute Gasteiger partial charge is 0.149 e. The van der Waals surface area contributed by atoms with Crippen molar-refractivity contribution in [1.82, 2.24) is 4.98 Å². The third-order valence-corrected chi connectivity index (χ3v) is 4.14. The number of pyridine rings is 1. The summed E-state index contributed by atoms with van der Waals surface area (Å²) in [6, 6.07) is 10.1. The van der Waals surface area contributed by atoms with Crippen LogP contribution in [0.2, 0.25) is 5.02 Å². The minimum absolute atomic E-state index is 0.592. The second-order valence-corrected chi connectivity index (χ2v) is 6.05. The second kappa shape index (κ2) is 4.88. The number of aromatic nitrogens is 1. The third kappa shape index (κ3) is 2.36. The molecule has 0 saturated heterocycles. The molecule has 90 valence electrons. The molecule has 3 rings (SSSR count). The fraction of sp³-hybridized carbons (Fsp3) is 0. The Morgan fingerprint density at radius 3 is 2.94 bits per heavy atom. The van der Waals surface area contributed by atoms with Crippen molar-refractivity contribution in [2.45, 2.75) is 0 Å². The molecule has 1 N–H and O–H groups in total. The number of nitrogens with zero attached hydrogens (tertiary/aromatic N) is 1. The summed E-state index contributed by atoms with van der Waals surface area (Å²) in [5.41, 5.74) is 0.984. The van der Waals surface area contributed by atoms with E-state index in [1.54, 1.807) is 17.5 Å². The van der Waals surface area contributed by atoms with Crippen molar-refractivity contribution in [1.29, 1.82) is 0 Å². The van der Waals surface area contributed by atoms with Crippen molar-refractivity contribution in [2.75, 3.05) is 5.32 Å². The van der Waals surface area contributed by atoms with Crippen molar-refractivity contribution in [3.63, 3.8) is 0 Å². The van der Waals surface area contributed by atoms with Gasteiger partial charge in [-0.1, -0.05) is 11.6 Å². The van der Waals surface area contributed by atoms with Crippen LogP contribution in [0.5, 0.6) is 0 Å². The Labute approximate surface area is 122 Å². The number of anilines is 2. The van der Waals surface area contributed by atoms with E-state index in [2.05, 4.69) is 49.8 Å². The molecule has 0 unspecified atom stereocenters. The average molecular weight is 340 g/mol. The number of hydrogen-bond acceptors (Lipinski definition) is 3. The van der Waals surface area contributed by atoms with Crippen LogP contribution in [-0.2, 0) is 0 Å². The summed E-state index contributed by atoms with van der Waals surface area (Å²) >= 11 is 11.2. The van der Waals surface area contributed by atoms with E-state index in [0.717, 1.165) is 10.2 Å². The first-order valence-electron chi connectivity index (χ1n) is 5.28. The lowest BCUT2D eigenvalue weighted by Crippen LogP contribution is -1.93. The molecule has 2 aromatic heterocycles. The number of rotatable bonds is 2.